The molecule has 0 aliphatic carbocycles. The van der Waals surface area contributed by atoms with Crippen molar-refractivity contribution in [1.82, 2.24) is 14.3 Å². The molecule has 21 heavy (non-hydrogen) atoms. The van der Waals surface area contributed by atoms with Crippen LogP contribution < -0.4 is 0 Å². The van der Waals surface area contributed by atoms with Gasteiger partial charge in [-0.05, 0) is 0 Å². The first-order valence-corrected chi connectivity index (χ1v) is 7.76. The second-order valence-corrected chi connectivity index (χ2v) is 6.61. The van der Waals surface area contributed by atoms with Crippen molar-refractivity contribution in [2.75, 3.05) is 12.9 Å². The molecular formula is C11H15N3O6S. The molecule has 2 heterocycles. The number of sulfonamides is 1. The summed E-state index contributed by atoms with van der Waals surface area (Å²) < 4.78 is 29.8. The SMILES string of the molecule is COC(=O)CCS(=O)(=O)N1Cc2[nH]cnc2CC1C(=O)O. The van der Waals surface area contributed by atoms with Crippen LogP contribution in [0.15, 0.2) is 6.33 Å². The van der Waals surface area contributed by atoms with Gasteiger partial charge in [0.15, 0.2) is 0 Å². The van der Waals surface area contributed by atoms with Crippen molar-refractivity contribution in [3.63, 3.8) is 0 Å². The monoisotopic (exact) mass is 317 g/mol. The van der Waals surface area contributed by atoms with Crippen LogP contribution in [0.4, 0.5) is 0 Å². The number of carboxylic acid groups (broad SMARTS) is 1. The number of aromatic amines is 1. The van der Waals surface area contributed by atoms with E-state index < -0.39 is 33.8 Å². The van der Waals surface area contributed by atoms with Gasteiger partial charge < -0.3 is 14.8 Å². The molecule has 2 rings (SSSR count). The predicted octanol–water partition coefficient (Wildman–Crippen LogP) is -0.886. The highest BCUT2D eigenvalue weighted by molar-refractivity contribution is 7.89. The van der Waals surface area contributed by atoms with Crippen molar-refractivity contribution in [1.29, 1.82) is 0 Å². The fourth-order valence-corrected chi connectivity index (χ4v) is 3.68. The summed E-state index contributed by atoms with van der Waals surface area (Å²) in [6, 6.07) is -1.22. The molecule has 0 spiro atoms. The highest BCUT2D eigenvalue weighted by atomic mass is 32.2. The maximum Gasteiger partial charge on any atom is 0.322 e. The summed E-state index contributed by atoms with van der Waals surface area (Å²) in [5.74, 6) is -2.40. The normalized spacial score (nSPS) is 19.0. The van der Waals surface area contributed by atoms with Gasteiger partial charge in [0.1, 0.15) is 6.04 Å². The van der Waals surface area contributed by atoms with Crippen LogP contribution >= 0.6 is 0 Å². The third-order valence-electron chi connectivity index (χ3n) is 3.29. The Morgan fingerprint density at radius 1 is 1.57 bits per heavy atom. The fraction of sp³-hybridized carbons (Fsp3) is 0.545. The number of aliphatic carboxylic acids is 1. The number of carboxylic acids is 1. The van der Waals surface area contributed by atoms with Crippen molar-refractivity contribution in [2.45, 2.75) is 25.4 Å². The number of esters is 1. The molecule has 1 aromatic rings. The Hall–Kier alpha value is -1.94. The van der Waals surface area contributed by atoms with Crippen LogP contribution in [-0.4, -0.2) is 58.6 Å². The van der Waals surface area contributed by atoms with E-state index in [1.54, 1.807) is 0 Å². The molecule has 1 unspecified atom stereocenters. The number of fused-ring (bicyclic) bond motifs is 1. The second-order valence-electron chi connectivity index (χ2n) is 4.57. The summed E-state index contributed by atoms with van der Waals surface area (Å²) in [5.41, 5.74) is 1.11. The number of hydrogen-bond acceptors (Lipinski definition) is 6. The van der Waals surface area contributed by atoms with Crippen LogP contribution in [0.25, 0.3) is 0 Å². The number of nitrogens with zero attached hydrogens (tertiary/aromatic N) is 2. The van der Waals surface area contributed by atoms with E-state index in [9.17, 15) is 23.1 Å². The number of hydrogen-bond donors (Lipinski definition) is 2. The predicted molar refractivity (Wildman–Crippen MR) is 69.7 cm³/mol. The zero-order valence-corrected chi connectivity index (χ0v) is 12.1. The number of H-pyrrole nitrogens is 1. The Kier molecular flexibility index (Phi) is 4.28. The van der Waals surface area contributed by atoms with Gasteiger partial charge in [-0.2, -0.15) is 4.31 Å². The first-order valence-electron chi connectivity index (χ1n) is 6.15. The third kappa shape index (κ3) is 3.22. The van der Waals surface area contributed by atoms with Gasteiger partial charge in [-0.15, -0.1) is 0 Å². The summed E-state index contributed by atoms with van der Waals surface area (Å²) in [4.78, 5) is 29.2. The first kappa shape index (κ1) is 15.4. The number of rotatable bonds is 5. The van der Waals surface area contributed by atoms with Crippen LogP contribution in [-0.2, 0) is 37.3 Å². The standard InChI is InChI=1S/C11H15N3O6S/c1-20-10(15)2-3-21(18,19)14-5-8-7(12-6-13-8)4-9(14)11(16)17/h6,9H,2-5H2,1H3,(H,12,13)(H,16,17). The van der Waals surface area contributed by atoms with Gasteiger partial charge in [0.05, 0.1) is 43.5 Å². The van der Waals surface area contributed by atoms with Crippen LogP contribution in [0.2, 0.25) is 0 Å². The molecule has 1 atom stereocenters. The van der Waals surface area contributed by atoms with Crippen molar-refractivity contribution >= 4 is 22.0 Å². The summed E-state index contributed by atoms with van der Waals surface area (Å²) in [6.45, 7) is -0.101. The molecule has 0 fully saturated rings. The van der Waals surface area contributed by atoms with Gasteiger partial charge in [0, 0.05) is 6.42 Å². The van der Waals surface area contributed by atoms with Gasteiger partial charge in [-0.3, -0.25) is 9.59 Å². The summed E-state index contributed by atoms with van der Waals surface area (Å²) in [5, 5.41) is 9.22. The number of imidazole rings is 1. The number of carbonyl (C=O) groups is 2. The Balaban J connectivity index is 2.23. The van der Waals surface area contributed by atoms with E-state index in [1.807, 2.05) is 0 Å². The van der Waals surface area contributed by atoms with E-state index in [-0.39, 0.29) is 19.4 Å². The lowest BCUT2D eigenvalue weighted by Crippen LogP contribution is -2.49. The van der Waals surface area contributed by atoms with Crippen molar-refractivity contribution in [3.05, 3.63) is 17.7 Å². The molecule has 0 radical (unpaired) electrons. The van der Waals surface area contributed by atoms with E-state index in [0.717, 1.165) is 11.4 Å². The summed E-state index contributed by atoms with van der Waals surface area (Å²) in [6.07, 6.45) is 1.07. The molecule has 9 nitrogen and oxygen atoms in total. The molecule has 10 heteroatoms. The maximum absolute atomic E-state index is 12.3. The first-order chi connectivity index (χ1) is 9.85. The Bertz CT molecular complexity index is 653. The lowest BCUT2D eigenvalue weighted by molar-refractivity contribution is -0.142. The Morgan fingerprint density at radius 2 is 2.29 bits per heavy atom. The lowest BCUT2D eigenvalue weighted by Gasteiger charge is -2.31. The molecule has 1 aliphatic rings. The van der Waals surface area contributed by atoms with Crippen LogP contribution in [0.3, 0.4) is 0 Å². The van der Waals surface area contributed by atoms with Crippen LogP contribution in [0.1, 0.15) is 17.8 Å². The van der Waals surface area contributed by atoms with E-state index in [2.05, 4.69) is 14.7 Å². The molecular weight excluding hydrogens is 302 g/mol. The van der Waals surface area contributed by atoms with E-state index in [1.165, 1.54) is 6.33 Å². The topological polar surface area (TPSA) is 130 Å². The molecule has 1 aliphatic heterocycles. The minimum atomic E-state index is -3.90. The Morgan fingerprint density at radius 3 is 2.90 bits per heavy atom. The highest BCUT2D eigenvalue weighted by Gasteiger charge is 2.39. The third-order valence-corrected chi connectivity index (χ3v) is 5.11. The van der Waals surface area contributed by atoms with Gasteiger partial charge in [0.2, 0.25) is 10.0 Å². The van der Waals surface area contributed by atoms with Crippen LogP contribution in [0.5, 0.6) is 0 Å². The van der Waals surface area contributed by atoms with E-state index >= 15 is 0 Å². The van der Waals surface area contributed by atoms with Crippen molar-refractivity contribution in [3.8, 4) is 0 Å². The summed E-state index contributed by atoms with van der Waals surface area (Å²) in [7, 11) is -2.74. The van der Waals surface area contributed by atoms with E-state index in [0.29, 0.717) is 11.4 Å². The minimum absolute atomic E-state index is 0.00831. The largest absolute Gasteiger partial charge is 0.480 e. The van der Waals surface area contributed by atoms with Crippen molar-refractivity contribution in [2.24, 2.45) is 0 Å². The quantitative estimate of drug-likeness (QED) is 0.674. The number of ether oxygens (including phenoxy) is 1. The van der Waals surface area contributed by atoms with Gasteiger partial charge in [-0.25, -0.2) is 13.4 Å². The van der Waals surface area contributed by atoms with Gasteiger partial charge >= 0.3 is 11.9 Å². The average molecular weight is 317 g/mol. The van der Waals surface area contributed by atoms with Crippen molar-refractivity contribution < 1.29 is 27.9 Å². The van der Waals surface area contributed by atoms with Gasteiger partial charge in [-0.1, -0.05) is 0 Å². The maximum atomic E-state index is 12.3. The Labute approximate surface area is 121 Å². The lowest BCUT2D eigenvalue weighted by atomic mass is 10.1. The number of aromatic nitrogens is 2. The molecule has 116 valence electrons. The summed E-state index contributed by atoms with van der Waals surface area (Å²) >= 11 is 0. The zero-order valence-electron chi connectivity index (χ0n) is 11.3. The van der Waals surface area contributed by atoms with Gasteiger partial charge in [0.25, 0.3) is 0 Å². The second kappa shape index (κ2) is 5.82. The van der Waals surface area contributed by atoms with Crippen LogP contribution in [0, 0.1) is 0 Å². The highest BCUT2D eigenvalue weighted by Crippen LogP contribution is 2.24. The molecule has 1 aromatic heterocycles. The molecule has 2 N–H and O–H groups in total. The molecule has 0 amide bonds. The molecule has 0 saturated carbocycles. The smallest absolute Gasteiger partial charge is 0.322 e. The number of carbonyl (C=O) groups excluding carboxylic acids is 1. The molecule has 0 bridgehead atoms. The zero-order chi connectivity index (χ0) is 15.6. The minimum Gasteiger partial charge on any atom is -0.480 e. The molecule has 0 aromatic carbocycles. The fourth-order valence-electron chi connectivity index (χ4n) is 2.15. The number of nitrogens with one attached hydrogen (secondary N) is 1. The van der Waals surface area contributed by atoms with E-state index in [4.69, 9.17) is 0 Å². The number of methoxy groups -OCH3 is 1. The average Bonchev–Trinajstić information content (AvgIpc) is 2.90. The molecule has 0 saturated heterocycles.